The summed E-state index contributed by atoms with van der Waals surface area (Å²) in [5, 5.41) is 10.0. The van der Waals surface area contributed by atoms with E-state index in [1.807, 2.05) is 30.3 Å². The van der Waals surface area contributed by atoms with Crippen LogP contribution >= 0.6 is 0 Å². The van der Waals surface area contributed by atoms with Gasteiger partial charge in [0.2, 0.25) is 5.91 Å². The lowest BCUT2D eigenvalue weighted by molar-refractivity contribution is -0.887. The van der Waals surface area contributed by atoms with E-state index in [-0.39, 0.29) is 5.91 Å². The molecule has 1 saturated heterocycles. The zero-order chi connectivity index (χ0) is 17.8. The Hall–Kier alpha value is -2.34. The Morgan fingerprint density at radius 1 is 1.23 bits per heavy atom. The van der Waals surface area contributed by atoms with Crippen LogP contribution in [0.3, 0.4) is 0 Å². The normalized spacial score (nSPS) is 17.4. The van der Waals surface area contributed by atoms with Crippen LogP contribution in [0.1, 0.15) is 42.9 Å². The molecule has 26 heavy (non-hydrogen) atoms. The van der Waals surface area contributed by atoms with Crippen molar-refractivity contribution in [2.45, 2.75) is 38.0 Å². The molecule has 1 aromatic carbocycles. The second-order valence-corrected chi connectivity index (χ2v) is 7.41. The summed E-state index contributed by atoms with van der Waals surface area (Å²) in [6, 6.07) is 9.74. The predicted molar refractivity (Wildman–Crippen MR) is 99.6 cm³/mol. The van der Waals surface area contributed by atoms with Gasteiger partial charge < -0.3 is 15.0 Å². The minimum Gasteiger partial charge on any atom is -0.488 e. The van der Waals surface area contributed by atoms with E-state index in [2.05, 4.69) is 15.5 Å². The van der Waals surface area contributed by atoms with Gasteiger partial charge in [-0.2, -0.15) is 5.10 Å². The van der Waals surface area contributed by atoms with Crippen molar-refractivity contribution in [3.05, 3.63) is 41.6 Å². The first kappa shape index (κ1) is 17.1. The maximum Gasteiger partial charge on any atom is 0.229 e. The maximum absolute atomic E-state index is 12.2. The topological polar surface area (TPSA) is 71.5 Å². The first-order chi connectivity index (χ1) is 12.8. The van der Waals surface area contributed by atoms with E-state index in [1.54, 1.807) is 4.90 Å². The largest absolute Gasteiger partial charge is 0.488 e. The van der Waals surface area contributed by atoms with Crippen molar-refractivity contribution in [2.75, 3.05) is 31.6 Å². The van der Waals surface area contributed by atoms with E-state index in [4.69, 9.17) is 4.74 Å². The molecule has 1 saturated carbocycles. The zero-order valence-corrected chi connectivity index (χ0v) is 15.1. The number of hydrogen-bond acceptors (Lipinski definition) is 3. The number of quaternary nitrogens is 1. The van der Waals surface area contributed by atoms with Crippen molar-refractivity contribution in [1.29, 1.82) is 0 Å². The average Bonchev–Trinajstić information content (AvgIpc) is 3.16. The molecule has 2 aromatic rings. The van der Waals surface area contributed by atoms with Crippen LogP contribution in [0.15, 0.2) is 30.3 Å². The molecule has 2 heterocycles. The van der Waals surface area contributed by atoms with Gasteiger partial charge in [-0.25, -0.2) is 0 Å². The molecule has 1 aliphatic carbocycles. The van der Waals surface area contributed by atoms with E-state index < -0.39 is 0 Å². The van der Waals surface area contributed by atoms with E-state index in [1.165, 1.54) is 38.8 Å². The number of nitrogens with zero attached hydrogens (tertiary/aromatic N) is 1. The number of aromatic nitrogens is 2. The minimum absolute atomic E-state index is 0.0508. The standard InChI is InChI=1S/C20H26N4O2/c25-20(21-19-14-18(22-23-19)16-5-6-16)13-15-3-7-17(8-4-15)26-12-11-24-9-1-2-10-24/h3-4,7-8,14,16H,1-2,5-6,9-13H2,(H2,21,22,23,25)/p+1. The Morgan fingerprint density at radius 3 is 2.73 bits per heavy atom. The molecule has 3 N–H and O–H groups in total. The van der Waals surface area contributed by atoms with Gasteiger partial charge in [0.1, 0.15) is 18.9 Å². The number of nitrogens with one attached hydrogen (secondary N) is 3. The second-order valence-electron chi connectivity index (χ2n) is 7.41. The number of anilines is 1. The molecular weight excluding hydrogens is 328 g/mol. The van der Waals surface area contributed by atoms with Gasteiger partial charge in [0.05, 0.1) is 19.5 Å². The molecule has 138 valence electrons. The number of aromatic amines is 1. The van der Waals surface area contributed by atoms with E-state index >= 15 is 0 Å². The lowest BCUT2D eigenvalue weighted by atomic mass is 10.1. The third-order valence-electron chi connectivity index (χ3n) is 5.21. The number of carbonyl (C=O) groups is 1. The molecule has 0 unspecified atom stereocenters. The lowest BCUT2D eigenvalue weighted by Gasteiger charge is -2.12. The van der Waals surface area contributed by atoms with Crippen LogP contribution in [-0.2, 0) is 11.2 Å². The molecule has 4 rings (SSSR count). The first-order valence-corrected chi connectivity index (χ1v) is 9.67. The summed E-state index contributed by atoms with van der Waals surface area (Å²) in [7, 11) is 0. The molecule has 0 atom stereocenters. The summed E-state index contributed by atoms with van der Waals surface area (Å²) < 4.78 is 5.82. The number of benzene rings is 1. The third kappa shape index (κ3) is 4.64. The number of likely N-dealkylation sites (tertiary alicyclic amines) is 1. The van der Waals surface area contributed by atoms with Crippen LogP contribution in [-0.4, -0.2) is 42.3 Å². The average molecular weight is 355 g/mol. The van der Waals surface area contributed by atoms with Gasteiger partial charge >= 0.3 is 0 Å². The summed E-state index contributed by atoms with van der Waals surface area (Å²) in [4.78, 5) is 13.8. The van der Waals surface area contributed by atoms with E-state index in [9.17, 15) is 4.79 Å². The zero-order valence-electron chi connectivity index (χ0n) is 15.1. The maximum atomic E-state index is 12.2. The molecular formula is C20H27N4O2+. The van der Waals surface area contributed by atoms with E-state index in [0.29, 0.717) is 18.2 Å². The summed E-state index contributed by atoms with van der Waals surface area (Å²) in [5.41, 5.74) is 2.09. The molecule has 1 aromatic heterocycles. The Kier molecular flexibility index (Phi) is 5.20. The van der Waals surface area contributed by atoms with Gasteiger partial charge in [0.15, 0.2) is 5.82 Å². The SMILES string of the molecule is O=C(Cc1ccc(OCC[NH+]2CCCC2)cc1)Nc1cc(C2CC2)[nH]n1. The number of amides is 1. The summed E-state index contributed by atoms with van der Waals surface area (Å²) in [6.45, 7) is 4.36. The Bertz CT molecular complexity index is 731. The number of H-pyrrole nitrogens is 1. The monoisotopic (exact) mass is 355 g/mol. The fourth-order valence-corrected chi connectivity index (χ4v) is 3.52. The van der Waals surface area contributed by atoms with Gasteiger partial charge in [-0.15, -0.1) is 0 Å². The third-order valence-corrected chi connectivity index (χ3v) is 5.21. The molecule has 6 heteroatoms. The van der Waals surface area contributed by atoms with Gasteiger partial charge in [-0.3, -0.25) is 9.89 Å². The molecule has 0 bridgehead atoms. The smallest absolute Gasteiger partial charge is 0.229 e. The number of ether oxygens (including phenoxy) is 1. The molecule has 6 nitrogen and oxygen atoms in total. The van der Waals surface area contributed by atoms with Crippen LogP contribution in [0.4, 0.5) is 5.82 Å². The summed E-state index contributed by atoms with van der Waals surface area (Å²) in [6.07, 6.45) is 5.44. The summed E-state index contributed by atoms with van der Waals surface area (Å²) >= 11 is 0. The minimum atomic E-state index is -0.0508. The fourth-order valence-electron chi connectivity index (χ4n) is 3.52. The Labute approximate surface area is 153 Å². The number of hydrogen-bond donors (Lipinski definition) is 3. The quantitative estimate of drug-likeness (QED) is 0.672. The first-order valence-electron chi connectivity index (χ1n) is 9.67. The van der Waals surface area contributed by atoms with Crippen molar-refractivity contribution in [1.82, 2.24) is 10.2 Å². The molecule has 2 aliphatic rings. The number of carbonyl (C=O) groups excluding carboxylic acids is 1. The van der Waals surface area contributed by atoms with Crippen molar-refractivity contribution >= 4 is 11.7 Å². The fraction of sp³-hybridized carbons (Fsp3) is 0.500. The molecule has 2 fully saturated rings. The van der Waals surface area contributed by atoms with Gasteiger partial charge in [0, 0.05) is 30.5 Å². The van der Waals surface area contributed by atoms with Crippen LogP contribution in [0.2, 0.25) is 0 Å². The molecule has 1 aliphatic heterocycles. The van der Waals surface area contributed by atoms with Crippen LogP contribution < -0.4 is 15.0 Å². The van der Waals surface area contributed by atoms with Crippen LogP contribution in [0.25, 0.3) is 0 Å². The van der Waals surface area contributed by atoms with Crippen LogP contribution in [0, 0.1) is 0 Å². The van der Waals surface area contributed by atoms with Crippen molar-refractivity contribution in [3.63, 3.8) is 0 Å². The van der Waals surface area contributed by atoms with Crippen molar-refractivity contribution < 1.29 is 14.4 Å². The Morgan fingerprint density at radius 2 is 2.00 bits per heavy atom. The summed E-state index contributed by atoms with van der Waals surface area (Å²) in [5.74, 6) is 2.04. The lowest BCUT2D eigenvalue weighted by Crippen LogP contribution is -3.10. The van der Waals surface area contributed by atoms with Crippen molar-refractivity contribution in [3.8, 4) is 5.75 Å². The highest BCUT2D eigenvalue weighted by Crippen LogP contribution is 2.39. The highest BCUT2D eigenvalue weighted by Gasteiger charge is 2.25. The van der Waals surface area contributed by atoms with Gasteiger partial charge in [0.25, 0.3) is 0 Å². The van der Waals surface area contributed by atoms with Crippen LogP contribution in [0.5, 0.6) is 5.75 Å². The number of rotatable bonds is 8. The Balaban J connectivity index is 1.21. The second kappa shape index (κ2) is 7.91. The van der Waals surface area contributed by atoms with Gasteiger partial charge in [-0.1, -0.05) is 12.1 Å². The van der Waals surface area contributed by atoms with Crippen molar-refractivity contribution in [2.24, 2.45) is 0 Å². The highest BCUT2D eigenvalue weighted by atomic mass is 16.5. The molecule has 1 amide bonds. The molecule has 0 spiro atoms. The van der Waals surface area contributed by atoms with E-state index in [0.717, 1.165) is 30.2 Å². The van der Waals surface area contributed by atoms with Gasteiger partial charge in [-0.05, 0) is 30.5 Å². The predicted octanol–water partition coefficient (Wildman–Crippen LogP) is 1.53. The highest BCUT2D eigenvalue weighted by molar-refractivity contribution is 5.91. The molecule has 0 radical (unpaired) electrons.